The number of anilines is 1. The highest BCUT2D eigenvalue weighted by Crippen LogP contribution is 2.28. The van der Waals surface area contributed by atoms with Crippen LogP contribution in [0.15, 0.2) is 60.9 Å². The Hall–Kier alpha value is -1.98. The second-order valence-corrected chi connectivity index (χ2v) is 8.71. The van der Waals surface area contributed by atoms with E-state index in [1.165, 1.54) is 42.1 Å². The molecule has 0 bridgehead atoms. The van der Waals surface area contributed by atoms with Crippen LogP contribution in [0.25, 0.3) is 21.8 Å². The molecular formula is C25H29Cl3N4. The quantitative estimate of drug-likeness (QED) is 0.279. The lowest BCUT2D eigenvalue weighted by Gasteiger charge is -2.30. The van der Waals surface area contributed by atoms with Gasteiger partial charge in [-0.2, -0.15) is 0 Å². The lowest BCUT2D eigenvalue weighted by atomic mass is 9.90. The Balaban J connectivity index is 0.00000144. The number of hydrogen-bond acceptors (Lipinski definition) is 3. The fourth-order valence-electron chi connectivity index (χ4n) is 4.66. The molecule has 4 nitrogen and oxygen atoms in total. The van der Waals surface area contributed by atoms with Gasteiger partial charge in [-0.15, -0.1) is 24.8 Å². The van der Waals surface area contributed by atoms with Gasteiger partial charge in [-0.3, -0.25) is 4.98 Å². The number of aromatic nitrogens is 2. The van der Waals surface area contributed by atoms with Gasteiger partial charge in [0.15, 0.2) is 0 Å². The molecule has 1 saturated carbocycles. The summed E-state index contributed by atoms with van der Waals surface area (Å²) in [5.74, 6) is 0. The van der Waals surface area contributed by atoms with Crippen LogP contribution in [-0.2, 0) is 6.42 Å². The zero-order chi connectivity index (χ0) is 20.3. The number of halogens is 3. The van der Waals surface area contributed by atoms with Crippen molar-refractivity contribution in [3.05, 3.63) is 71.5 Å². The molecule has 3 N–H and O–H groups in total. The Labute approximate surface area is 206 Å². The van der Waals surface area contributed by atoms with Crippen LogP contribution in [0, 0.1) is 0 Å². The van der Waals surface area contributed by atoms with E-state index in [-0.39, 0.29) is 24.8 Å². The molecule has 0 amide bonds. The van der Waals surface area contributed by atoms with Gasteiger partial charge in [0, 0.05) is 51.5 Å². The van der Waals surface area contributed by atoms with Crippen LogP contribution in [0.2, 0.25) is 5.02 Å². The number of fused-ring (bicyclic) bond motifs is 2. The molecule has 0 radical (unpaired) electrons. The Morgan fingerprint density at radius 2 is 1.72 bits per heavy atom. The highest BCUT2D eigenvalue weighted by Gasteiger charge is 2.21. The minimum absolute atomic E-state index is 0. The van der Waals surface area contributed by atoms with Crippen LogP contribution in [0.1, 0.15) is 31.2 Å². The highest BCUT2D eigenvalue weighted by atomic mass is 35.5. The average molecular weight is 492 g/mol. The second kappa shape index (κ2) is 11.2. The Morgan fingerprint density at radius 1 is 0.938 bits per heavy atom. The van der Waals surface area contributed by atoms with E-state index >= 15 is 0 Å². The maximum Gasteiger partial charge on any atom is 0.0737 e. The number of benzene rings is 2. The molecule has 32 heavy (non-hydrogen) atoms. The van der Waals surface area contributed by atoms with Gasteiger partial charge < -0.3 is 15.6 Å². The first-order chi connectivity index (χ1) is 14.8. The van der Waals surface area contributed by atoms with Crippen LogP contribution in [-0.4, -0.2) is 28.6 Å². The largest absolute Gasteiger partial charge is 0.382 e. The van der Waals surface area contributed by atoms with Crippen LogP contribution in [0.4, 0.5) is 5.69 Å². The number of rotatable bonds is 6. The topological polar surface area (TPSA) is 52.7 Å². The number of aromatic amines is 1. The van der Waals surface area contributed by atoms with Gasteiger partial charge in [0.05, 0.1) is 5.52 Å². The van der Waals surface area contributed by atoms with E-state index in [9.17, 15) is 0 Å². The maximum absolute atomic E-state index is 6.11. The highest BCUT2D eigenvalue weighted by molar-refractivity contribution is 6.31. The predicted molar refractivity (Wildman–Crippen MR) is 141 cm³/mol. The number of hydrogen-bond donors (Lipinski definition) is 3. The third-order valence-corrected chi connectivity index (χ3v) is 6.53. The van der Waals surface area contributed by atoms with Gasteiger partial charge in [-0.1, -0.05) is 29.8 Å². The summed E-state index contributed by atoms with van der Waals surface area (Å²) in [5.41, 5.74) is 4.73. The Bertz CT molecular complexity index is 1150. The van der Waals surface area contributed by atoms with Crippen molar-refractivity contribution in [1.82, 2.24) is 15.3 Å². The molecule has 4 aromatic rings. The van der Waals surface area contributed by atoms with E-state index in [1.807, 2.05) is 18.3 Å². The summed E-state index contributed by atoms with van der Waals surface area (Å²) >= 11 is 6.11. The van der Waals surface area contributed by atoms with Crippen LogP contribution < -0.4 is 10.6 Å². The molecule has 1 aliphatic carbocycles. The molecular weight excluding hydrogens is 463 g/mol. The molecule has 2 heterocycles. The number of nitrogens with zero attached hydrogens (tertiary/aromatic N) is 1. The van der Waals surface area contributed by atoms with E-state index in [1.54, 1.807) is 0 Å². The molecule has 5 rings (SSSR count). The summed E-state index contributed by atoms with van der Waals surface area (Å²) < 4.78 is 0. The standard InChI is InChI=1S/C25H27ClN4.2ClH/c26-18-5-10-22-24(12-14-28-25(22)15-18)30-20-8-6-19(7-9-20)27-13-11-17-16-29-23-4-2-1-3-21(17)23;;/h1-5,10,12,14-16,19-20,27,29H,6-9,11,13H2,(H,28,30);2*1H. The number of nitrogens with one attached hydrogen (secondary N) is 3. The lowest BCUT2D eigenvalue weighted by Crippen LogP contribution is -2.37. The van der Waals surface area contributed by atoms with E-state index < -0.39 is 0 Å². The lowest BCUT2D eigenvalue weighted by molar-refractivity contribution is 0.356. The number of H-pyrrole nitrogens is 1. The van der Waals surface area contributed by atoms with Crippen LogP contribution >= 0.6 is 36.4 Å². The molecule has 2 aromatic carbocycles. The van der Waals surface area contributed by atoms with Crippen molar-refractivity contribution in [2.24, 2.45) is 0 Å². The predicted octanol–water partition coefficient (Wildman–Crippen LogP) is 6.77. The SMILES string of the molecule is Cl.Cl.Clc1ccc2c(NC3CCC(NCCc4c[nH]c5ccccc45)CC3)ccnc2c1. The molecule has 2 aromatic heterocycles. The molecule has 170 valence electrons. The van der Waals surface area contributed by atoms with E-state index in [4.69, 9.17) is 11.6 Å². The van der Waals surface area contributed by atoms with Crippen molar-refractivity contribution in [3.8, 4) is 0 Å². The van der Waals surface area contributed by atoms with Crippen molar-refractivity contribution in [2.75, 3.05) is 11.9 Å². The Kier molecular flexibility index (Phi) is 8.66. The molecule has 0 atom stereocenters. The van der Waals surface area contributed by atoms with Crippen molar-refractivity contribution >= 4 is 63.9 Å². The smallest absolute Gasteiger partial charge is 0.0737 e. The van der Waals surface area contributed by atoms with Crippen molar-refractivity contribution in [2.45, 2.75) is 44.2 Å². The van der Waals surface area contributed by atoms with Crippen LogP contribution in [0.3, 0.4) is 0 Å². The minimum atomic E-state index is 0. The molecule has 1 aliphatic rings. The molecule has 0 spiro atoms. The van der Waals surface area contributed by atoms with Gasteiger partial charge in [-0.25, -0.2) is 0 Å². The minimum Gasteiger partial charge on any atom is -0.382 e. The van der Waals surface area contributed by atoms with Gasteiger partial charge in [0.2, 0.25) is 0 Å². The van der Waals surface area contributed by atoms with Gasteiger partial charge >= 0.3 is 0 Å². The first-order valence-electron chi connectivity index (χ1n) is 10.9. The normalized spacial score (nSPS) is 18.2. The van der Waals surface area contributed by atoms with Crippen molar-refractivity contribution in [3.63, 3.8) is 0 Å². The molecule has 7 heteroatoms. The molecule has 0 aliphatic heterocycles. The molecule has 1 fully saturated rings. The number of para-hydroxylation sites is 1. The van der Waals surface area contributed by atoms with E-state index in [0.717, 1.165) is 34.6 Å². The first-order valence-corrected chi connectivity index (χ1v) is 11.2. The van der Waals surface area contributed by atoms with Gasteiger partial charge in [-0.05, 0) is 74.5 Å². The summed E-state index contributed by atoms with van der Waals surface area (Å²) in [7, 11) is 0. The zero-order valence-corrected chi connectivity index (χ0v) is 20.2. The van der Waals surface area contributed by atoms with Crippen molar-refractivity contribution in [1.29, 1.82) is 0 Å². The fourth-order valence-corrected chi connectivity index (χ4v) is 4.82. The van der Waals surface area contributed by atoms with Crippen LogP contribution in [0.5, 0.6) is 0 Å². The second-order valence-electron chi connectivity index (χ2n) is 8.28. The summed E-state index contributed by atoms with van der Waals surface area (Å²) in [6.07, 6.45) is 9.86. The first kappa shape index (κ1) is 24.7. The summed E-state index contributed by atoms with van der Waals surface area (Å²) in [4.78, 5) is 7.82. The summed E-state index contributed by atoms with van der Waals surface area (Å²) in [6.45, 7) is 1.03. The van der Waals surface area contributed by atoms with Gasteiger partial charge in [0.1, 0.15) is 0 Å². The summed E-state index contributed by atoms with van der Waals surface area (Å²) in [5, 5.41) is 10.7. The van der Waals surface area contributed by atoms with Gasteiger partial charge in [0.25, 0.3) is 0 Å². The zero-order valence-electron chi connectivity index (χ0n) is 17.8. The molecule has 0 saturated heterocycles. The number of pyridine rings is 1. The van der Waals surface area contributed by atoms with Crippen molar-refractivity contribution < 1.29 is 0 Å². The third-order valence-electron chi connectivity index (χ3n) is 6.29. The third kappa shape index (κ3) is 5.49. The monoisotopic (exact) mass is 490 g/mol. The average Bonchev–Trinajstić information content (AvgIpc) is 3.18. The fraction of sp³-hybridized carbons (Fsp3) is 0.320. The Morgan fingerprint density at radius 3 is 2.56 bits per heavy atom. The molecule has 0 unspecified atom stereocenters. The van der Waals surface area contributed by atoms with E-state index in [0.29, 0.717) is 12.1 Å². The van der Waals surface area contributed by atoms with E-state index in [2.05, 4.69) is 63.2 Å². The summed E-state index contributed by atoms with van der Waals surface area (Å²) in [6, 6.07) is 17.7. The maximum atomic E-state index is 6.11.